The largest absolute Gasteiger partial charge is 0.393 e. The molecule has 0 spiro atoms. The lowest BCUT2D eigenvalue weighted by molar-refractivity contribution is -0.145. The van der Waals surface area contributed by atoms with Gasteiger partial charge in [-0.3, -0.25) is 15.2 Å². The molecule has 1 aliphatic heterocycles. The predicted molar refractivity (Wildman–Crippen MR) is 142 cm³/mol. The van der Waals surface area contributed by atoms with Crippen LogP contribution in [0.2, 0.25) is 0 Å². The van der Waals surface area contributed by atoms with Crippen molar-refractivity contribution in [2.24, 2.45) is 10.9 Å². The molecule has 1 aromatic rings. The van der Waals surface area contributed by atoms with Crippen LogP contribution in [0.1, 0.15) is 46.2 Å². The Hall–Kier alpha value is -3.14. The molecule has 37 heavy (non-hydrogen) atoms. The highest BCUT2D eigenvalue weighted by Crippen LogP contribution is 2.35. The molecule has 1 amide bonds. The fourth-order valence-electron chi connectivity index (χ4n) is 3.97. The van der Waals surface area contributed by atoms with Crippen molar-refractivity contribution in [1.29, 1.82) is 5.41 Å². The molecule has 0 saturated carbocycles. The first-order valence-corrected chi connectivity index (χ1v) is 12.4. The van der Waals surface area contributed by atoms with Gasteiger partial charge in [-0.2, -0.15) is 0 Å². The standard InChI is InChI=1S/C26H34ClF3N6O/c1-6-16(3)24(34-11-18(27)7-2)35-14-22-17(4)10-26(29,30)15-36(22)25(37)23(31)20(13-32-5)21-9-8-19(28)12-33-21/h7-9,11-13,17,22,31-32,35H,6,10,14-15H2,1-5H3/b18-7+,20-13-,24-16+,31-23?,34-11-. The summed E-state index contributed by atoms with van der Waals surface area (Å²) in [5.74, 6) is -4.59. The molecule has 11 heteroatoms. The van der Waals surface area contributed by atoms with Crippen molar-refractivity contribution in [2.45, 2.75) is 52.5 Å². The topological polar surface area (TPSA) is 93.5 Å². The van der Waals surface area contributed by atoms with Crippen LogP contribution in [-0.4, -0.2) is 59.8 Å². The molecule has 2 heterocycles. The number of halogens is 4. The molecular formula is C26H34ClF3N6O. The number of alkyl halides is 2. The van der Waals surface area contributed by atoms with Gasteiger partial charge in [0.1, 0.15) is 17.3 Å². The van der Waals surface area contributed by atoms with Crippen LogP contribution in [0, 0.1) is 17.1 Å². The first-order chi connectivity index (χ1) is 17.4. The van der Waals surface area contributed by atoms with Gasteiger partial charge >= 0.3 is 0 Å². The molecule has 1 saturated heterocycles. The first kappa shape index (κ1) is 30.1. The minimum Gasteiger partial charge on any atom is -0.393 e. The molecule has 1 aliphatic rings. The van der Waals surface area contributed by atoms with Crippen LogP contribution in [0.5, 0.6) is 0 Å². The van der Waals surface area contributed by atoms with E-state index in [2.05, 4.69) is 20.6 Å². The molecule has 0 aromatic carbocycles. The Labute approximate surface area is 221 Å². The second-order valence-electron chi connectivity index (χ2n) is 8.92. The Bertz CT molecular complexity index is 1100. The molecule has 1 fully saturated rings. The van der Waals surface area contributed by atoms with Crippen molar-refractivity contribution in [3.63, 3.8) is 0 Å². The number of nitrogens with zero attached hydrogens (tertiary/aromatic N) is 3. The summed E-state index contributed by atoms with van der Waals surface area (Å²) in [6, 6.07) is 1.83. The fraction of sp³-hybridized carbons (Fsp3) is 0.462. The Morgan fingerprint density at radius 1 is 1.41 bits per heavy atom. The highest BCUT2D eigenvalue weighted by Gasteiger charge is 2.46. The average Bonchev–Trinajstić information content (AvgIpc) is 2.86. The molecule has 0 aliphatic carbocycles. The third kappa shape index (κ3) is 8.18. The average molecular weight is 539 g/mol. The molecular weight excluding hydrogens is 505 g/mol. The van der Waals surface area contributed by atoms with E-state index in [0.717, 1.165) is 22.7 Å². The van der Waals surface area contributed by atoms with Crippen LogP contribution < -0.4 is 10.6 Å². The maximum atomic E-state index is 14.6. The number of aliphatic imine (C=N–C) groups is 1. The molecule has 202 valence electrons. The van der Waals surface area contributed by atoms with Gasteiger partial charge in [0.2, 0.25) is 0 Å². The van der Waals surface area contributed by atoms with E-state index in [1.807, 2.05) is 13.8 Å². The van der Waals surface area contributed by atoms with Gasteiger partial charge in [0, 0.05) is 38.0 Å². The molecule has 7 nitrogen and oxygen atoms in total. The van der Waals surface area contributed by atoms with Crippen LogP contribution >= 0.6 is 11.6 Å². The van der Waals surface area contributed by atoms with Gasteiger partial charge in [0.05, 0.1) is 29.5 Å². The number of piperidine rings is 1. The van der Waals surface area contributed by atoms with E-state index in [9.17, 15) is 18.0 Å². The summed E-state index contributed by atoms with van der Waals surface area (Å²) in [5.41, 5.74) is 0.632. The van der Waals surface area contributed by atoms with Gasteiger partial charge in [0.15, 0.2) is 0 Å². The molecule has 0 bridgehead atoms. The summed E-state index contributed by atoms with van der Waals surface area (Å²) >= 11 is 6.04. The monoisotopic (exact) mass is 538 g/mol. The zero-order chi connectivity index (χ0) is 27.8. The quantitative estimate of drug-likeness (QED) is 0.361. The van der Waals surface area contributed by atoms with Gasteiger partial charge in [-0.25, -0.2) is 18.2 Å². The van der Waals surface area contributed by atoms with Crippen LogP contribution in [0.3, 0.4) is 0 Å². The van der Waals surface area contributed by atoms with Crippen molar-refractivity contribution >= 4 is 35.0 Å². The number of hydrogen-bond donors (Lipinski definition) is 3. The van der Waals surface area contributed by atoms with Crippen molar-refractivity contribution in [3.8, 4) is 0 Å². The maximum Gasteiger partial charge on any atom is 0.273 e. The smallest absolute Gasteiger partial charge is 0.273 e. The normalized spacial score (nSPS) is 21.1. The molecule has 1 aromatic heterocycles. The Balaban J connectivity index is 2.38. The van der Waals surface area contributed by atoms with Crippen molar-refractivity contribution in [1.82, 2.24) is 20.5 Å². The second-order valence-corrected chi connectivity index (χ2v) is 9.35. The number of aromatic nitrogens is 1. The summed E-state index contributed by atoms with van der Waals surface area (Å²) in [7, 11) is 1.57. The van der Waals surface area contributed by atoms with E-state index in [-0.39, 0.29) is 17.8 Å². The second kappa shape index (κ2) is 13.4. The van der Waals surface area contributed by atoms with Crippen molar-refractivity contribution in [3.05, 3.63) is 58.5 Å². The summed E-state index contributed by atoms with van der Waals surface area (Å²) < 4.78 is 42.6. The number of pyridine rings is 1. The molecule has 2 atom stereocenters. The van der Waals surface area contributed by atoms with Crippen LogP contribution in [0.25, 0.3) is 5.57 Å². The number of amides is 1. The van der Waals surface area contributed by atoms with Crippen molar-refractivity contribution in [2.75, 3.05) is 20.1 Å². The summed E-state index contributed by atoms with van der Waals surface area (Å²) in [6.07, 6.45) is 5.81. The van der Waals surface area contributed by atoms with E-state index >= 15 is 0 Å². The minimum atomic E-state index is -3.11. The minimum absolute atomic E-state index is 0.0637. The highest BCUT2D eigenvalue weighted by atomic mass is 35.5. The van der Waals surface area contributed by atoms with Crippen molar-refractivity contribution < 1.29 is 18.0 Å². The number of hydrogen-bond acceptors (Lipinski definition) is 6. The highest BCUT2D eigenvalue weighted by molar-refractivity contribution is 6.54. The molecule has 2 rings (SSSR count). The van der Waals surface area contributed by atoms with Gasteiger partial charge < -0.3 is 15.5 Å². The fourth-order valence-corrected chi connectivity index (χ4v) is 4.02. The number of carbonyl (C=O) groups excluding carboxylic acids is 1. The Morgan fingerprint density at radius 3 is 2.68 bits per heavy atom. The van der Waals surface area contributed by atoms with E-state index in [0.29, 0.717) is 17.3 Å². The lowest BCUT2D eigenvalue weighted by atomic mass is 9.87. The number of rotatable bonds is 10. The van der Waals surface area contributed by atoms with Gasteiger partial charge in [-0.05, 0) is 43.9 Å². The zero-order valence-corrected chi connectivity index (χ0v) is 22.5. The summed E-state index contributed by atoms with van der Waals surface area (Å²) in [5, 5.41) is 14.9. The lowest BCUT2D eigenvalue weighted by Crippen LogP contribution is -2.59. The number of carbonyl (C=O) groups is 1. The third-order valence-electron chi connectivity index (χ3n) is 6.12. The van der Waals surface area contributed by atoms with Crippen LogP contribution in [-0.2, 0) is 4.79 Å². The summed E-state index contributed by atoms with van der Waals surface area (Å²) in [4.78, 5) is 22.9. The predicted octanol–water partition coefficient (Wildman–Crippen LogP) is 5.12. The zero-order valence-electron chi connectivity index (χ0n) is 21.7. The van der Waals surface area contributed by atoms with E-state index in [1.54, 1.807) is 27.0 Å². The Morgan fingerprint density at radius 2 is 2.11 bits per heavy atom. The van der Waals surface area contributed by atoms with E-state index < -0.39 is 48.3 Å². The molecule has 2 unspecified atom stereocenters. The number of likely N-dealkylation sites (tertiary alicyclic amines) is 1. The van der Waals surface area contributed by atoms with Crippen LogP contribution in [0.4, 0.5) is 13.2 Å². The van der Waals surface area contributed by atoms with Crippen LogP contribution in [0.15, 0.2) is 52.0 Å². The van der Waals surface area contributed by atoms with Gasteiger partial charge in [-0.1, -0.05) is 31.5 Å². The van der Waals surface area contributed by atoms with Gasteiger partial charge in [-0.15, -0.1) is 0 Å². The maximum absolute atomic E-state index is 14.6. The van der Waals surface area contributed by atoms with E-state index in [1.165, 1.54) is 18.5 Å². The first-order valence-electron chi connectivity index (χ1n) is 12.0. The van der Waals surface area contributed by atoms with Gasteiger partial charge in [0.25, 0.3) is 11.8 Å². The Kier molecular flexibility index (Phi) is 10.9. The SMILES string of the molecule is C\C=C(Cl)/C=N\C(NCC1C(C)CC(F)(F)CN1C(=O)C(=N)/C(=C\NC)c1ccc(F)cn1)=C(\C)CC. The molecule has 3 N–H and O–H groups in total. The molecule has 0 radical (unpaired) electrons. The number of nitrogens with one attached hydrogen (secondary N) is 3. The van der Waals surface area contributed by atoms with E-state index in [4.69, 9.17) is 17.0 Å². The lowest BCUT2D eigenvalue weighted by Gasteiger charge is -2.43. The number of allylic oxidation sites excluding steroid dienone is 3. The summed E-state index contributed by atoms with van der Waals surface area (Å²) in [6.45, 7) is 6.61. The third-order valence-corrected chi connectivity index (χ3v) is 6.44.